The molecule has 0 unspecified atom stereocenters. The Labute approximate surface area is 173 Å². The summed E-state index contributed by atoms with van der Waals surface area (Å²) in [5.41, 5.74) is 0. The van der Waals surface area contributed by atoms with E-state index in [0.29, 0.717) is 0 Å². The quantitative estimate of drug-likeness (QED) is 0.308. The van der Waals surface area contributed by atoms with E-state index in [1.165, 1.54) is 14.7 Å². The maximum absolute atomic E-state index is 9.67. The molecule has 0 radical (unpaired) electrons. The fourth-order valence-corrected chi connectivity index (χ4v) is 4.54. The Kier molecular flexibility index (Phi) is 10.1. The molecule has 3 rings (SSSR count). The molecule has 0 heterocycles. The summed E-state index contributed by atoms with van der Waals surface area (Å²) in [6, 6.07) is 23.9. The molecule has 0 saturated heterocycles. The van der Waals surface area contributed by atoms with Crippen LogP contribution in [0, 0.1) is 0 Å². The fraction of sp³-hybridized carbons (Fsp3) is 0. The lowest BCUT2D eigenvalue weighted by Gasteiger charge is -2.08. The van der Waals surface area contributed by atoms with Gasteiger partial charge in [-0.05, 0) is 72.8 Å². The Bertz CT molecular complexity index is 705. The van der Waals surface area contributed by atoms with Gasteiger partial charge in [-0.15, -0.1) is 0 Å². The molecule has 0 aromatic heterocycles. The van der Waals surface area contributed by atoms with Gasteiger partial charge in [0.2, 0.25) is 0 Å². The van der Waals surface area contributed by atoms with Crippen LogP contribution in [0.15, 0.2) is 87.5 Å². The Hall–Kier alpha value is -1.34. The Morgan fingerprint density at radius 3 is 0.889 bits per heavy atom. The molecule has 27 heavy (non-hydrogen) atoms. The van der Waals surface area contributed by atoms with Gasteiger partial charge in [0.15, 0.2) is 14.7 Å². The molecule has 3 aromatic carbocycles. The van der Waals surface area contributed by atoms with Crippen molar-refractivity contribution in [2.45, 2.75) is 14.7 Å². The zero-order valence-electron chi connectivity index (χ0n) is 13.6. The van der Waals surface area contributed by atoms with Gasteiger partial charge < -0.3 is 4.70 Å². The summed E-state index contributed by atoms with van der Waals surface area (Å²) in [5, 5.41) is 2.21. The summed E-state index contributed by atoms with van der Waals surface area (Å²) in [7, 11) is -3.88. The van der Waals surface area contributed by atoms with Crippen LogP contribution in [0.4, 0.5) is 12.9 Å². The highest BCUT2D eigenvalue weighted by Crippen LogP contribution is 2.33. The van der Waals surface area contributed by atoms with Crippen LogP contribution in [0.25, 0.3) is 0 Å². The second-order valence-electron chi connectivity index (χ2n) is 4.92. The minimum absolute atomic E-state index is 0. The van der Waals surface area contributed by atoms with Crippen LogP contribution < -0.4 is 4.70 Å². The molecule has 0 aliphatic heterocycles. The van der Waals surface area contributed by atoms with Crippen molar-refractivity contribution in [1.82, 2.24) is 0 Å². The highest BCUT2D eigenvalue weighted by molar-refractivity contribution is 7.97. The third kappa shape index (κ3) is 7.66. The first kappa shape index (κ1) is 23.7. The van der Waals surface area contributed by atoms with Crippen molar-refractivity contribution in [3.63, 3.8) is 0 Å². The van der Waals surface area contributed by atoms with Crippen molar-refractivity contribution >= 4 is 53.2 Å². The topological polar surface area (TPSA) is 0 Å². The van der Waals surface area contributed by atoms with Gasteiger partial charge in [0.1, 0.15) is 0 Å². The van der Waals surface area contributed by atoms with E-state index in [1.54, 1.807) is 0 Å². The molecule has 3 aromatic rings. The van der Waals surface area contributed by atoms with E-state index in [2.05, 4.69) is 36.4 Å². The molecule has 0 bridgehead atoms. The number of hydrogen-bond acceptors (Lipinski definition) is 0. The first-order valence-corrected chi connectivity index (χ1v) is 9.66. The molecule has 0 aliphatic carbocycles. The molecule has 0 N–H and O–H groups in total. The summed E-state index contributed by atoms with van der Waals surface area (Å²) < 4.78 is 29.0. The summed E-state index contributed by atoms with van der Waals surface area (Å²) >= 11 is 18.1. The van der Waals surface area contributed by atoms with Crippen molar-refractivity contribution in [1.29, 1.82) is 0 Å². The van der Waals surface area contributed by atoms with Gasteiger partial charge in [0.25, 0.3) is 0 Å². The minimum Gasteiger partial charge on any atom is -1.00 e. The van der Waals surface area contributed by atoms with Crippen LogP contribution in [-0.2, 0) is 10.9 Å². The number of hydrogen-bond donors (Lipinski definition) is 0. The predicted octanol–water partition coefficient (Wildman–Crippen LogP) is 4.63. The predicted molar refractivity (Wildman–Crippen MR) is 106 cm³/mol. The first-order chi connectivity index (χ1) is 12.4. The maximum atomic E-state index is 9.67. The van der Waals surface area contributed by atoms with Crippen LogP contribution in [0.1, 0.15) is 0 Å². The summed E-state index contributed by atoms with van der Waals surface area (Å²) in [4.78, 5) is 3.61. The Morgan fingerprint density at radius 1 is 0.519 bits per heavy atom. The number of rotatable bonds is 3. The molecule has 0 nitrogen and oxygen atoms in total. The van der Waals surface area contributed by atoms with Gasteiger partial charge in [-0.25, -0.2) is 0 Å². The average Bonchev–Trinajstić information content (AvgIpc) is 2.60. The summed E-state index contributed by atoms with van der Waals surface area (Å²) in [5.74, 6) is 0. The lowest BCUT2D eigenvalue weighted by atomic mass is 10.3. The molecule has 0 amide bonds. The van der Waals surface area contributed by atoms with Crippen LogP contribution in [0.2, 0.25) is 15.1 Å². The monoisotopic (exact) mass is 452 g/mol. The van der Waals surface area contributed by atoms with E-state index < -0.39 is 7.54 Å². The zero-order chi connectivity index (χ0) is 19.1. The SMILES string of the molecule is Clc1ccc([S+](c2ccc(Cl)cc2)c2ccc(Cl)cc2)cc1.FB(F)F.[F-]. The maximum Gasteiger partial charge on any atom is 0.762 e. The highest BCUT2D eigenvalue weighted by Gasteiger charge is 2.28. The Morgan fingerprint density at radius 2 is 0.704 bits per heavy atom. The lowest BCUT2D eigenvalue weighted by molar-refractivity contribution is -0.00000767. The molecule has 0 atom stereocenters. The van der Waals surface area contributed by atoms with Gasteiger partial charge in [0.05, 0.1) is 10.9 Å². The largest absolute Gasteiger partial charge is 1.00 e. The Balaban J connectivity index is 0.000000666. The molecule has 0 fully saturated rings. The van der Waals surface area contributed by atoms with Crippen LogP contribution in [-0.4, -0.2) is 7.54 Å². The van der Waals surface area contributed by atoms with Crippen molar-refractivity contribution in [3.8, 4) is 0 Å². The number of benzene rings is 3. The summed E-state index contributed by atoms with van der Waals surface area (Å²) in [6.07, 6.45) is 0. The van der Waals surface area contributed by atoms with Crippen LogP contribution >= 0.6 is 34.8 Å². The average molecular weight is 454 g/mol. The highest BCUT2D eigenvalue weighted by atomic mass is 35.5. The number of halogens is 7. The molecule has 9 heteroatoms. The van der Waals surface area contributed by atoms with Crippen LogP contribution in [0.3, 0.4) is 0 Å². The fourth-order valence-electron chi connectivity index (χ4n) is 2.12. The standard InChI is InChI=1S/C18H12Cl3S.BF3.FH/c19-13-1-7-16(8-2-13)22(17-9-3-14(20)4-10-17)18-11-5-15(21)6-12-18;2-1(3)4;/h1-12H;;1H/q+1;;/p-1. The zero-order valence-corrected chi connectivity index (χ0v) is 16.6. The molecule has 0 saturated carbocycles. The van der Waals surface area contributed by atoms with Gasteiger partial charge in [0, 0.05) is 15.1 Å². The van der Waals surface area contributed by atoms with Crippen LogP contribution in [0.5, 0.6) is 0 Å². The van der Waals surface area contributed by atoms with E-state index in [0.717, 1.165) is 15.1 Å². The molecular formula is C18H12BCl3F4S. The van der Waals surface area contributed by atoms with E-state index in [-0.39, 0.29) is 15.6 Å². The van der Waals surface area contributed by atoms with Gasteiger partial charge >= 0.3 is 7.54 Å². The molecular weight excluding hydrogens is 441 g/mol. The smallest absolute Gasteiger partial charge is 0.762 e. The molecule has 142 valence electrons. The first-order valence-electron chi connectivity index (χ1n) is 7.30. The van der Waals surface area contributed by atoms with Crippen molar-refractivity contribution in [2.24, 2.45) is 0 Å². The second-order valence-corrected chi connectivity index (χ2v) is 8.25. The van der Waals surface area contributed by atoms with Crippen molar-refractivity contribution < 1.29 is 17.7 Å². The molecule has 0 spiro atoms. The van der Waals surface area contributed by atoms with Gasteiger partial charge in [-0.3, -0.25) is 12.9 Å². The van der Waals surface area contributed by atoms with E-state index in [4.69, 9.17) is 34.8 Å². The molecule has 0 aliphatic rings. The van der Waals surface area contributed by atoms with Gasteiger partial charge in [-0.1, -0.05) is 34.8 Å². The van der Waals surface area contributed by atoms with E-state index in [1.807, 2.05) is 36.4 Å². The van der Waals surface area contributed by atoms with Crippen molar-refractivity contribution in [2.75, 3.05) is 0 Å². The second kappa shape index (κ2) is 11.5. The third-order valence-electron chi connectivity index (χ3n) is 3.15. The lowest BCUT2D eigenvalue weighted by Crippen LogP contribution is -3.00. The van der Waals surface area contributed by atoms with E-state index in [9.17, 15) is 12.9 Å². The normalized spacial score (nSPS) is 9.89. The summed E-state index contributed by atoms with van der Waals surface area (Å²) in [6.45, 7) is 0. The third-order valence-corrected chi connectivity index (χ3v) is 6.13. The van der Waals surface area contributed by atoms with Crippen molar-refractivity contribution in [3.05, 3.63) is 87.9 Å². The van der Waals surface area contributed by atoms with E-state index >= 15 is 0 Å². The van der Waals surface area contributed by atoms with Gasteiger partial charge in [-0.2, -0.15) is 0 Å². The minimum atomic E-state index is -3.67.